The van der Waals surface area contributed by atoms with E-state index < -0.39 is 22.7 Å². The summed E-state index contributed by atoms with van der Waals surface area (Å²) in [4.78, 5) is 24.0. The van der Waals surface area contributed by atoms with Crippen molar-refractivity contribution in [3.05, 3.63) is 30.1 Å². The van der Waals surface area contributed by atoms with Gasteiger partial charge in [0.2, 0.25) is 5.91 Å². The Balaban J connectivity index is 2.03. The second-order valence-corrected chi connectivity index (χ2v) is 8.13. The molecule has 1 heterocycles. The largest absolute Gasteiger partial charge is 0.333 e. The minimum absolute atomic E-state index is 0.329. The van der Waals surface area contributed by atoms with E-state index in [4.69, 9.17) is 0 Å². The fraction of sp³-hybridized carbons (Fsp3) is 0.412. The van der Waals surface area contributed by atoms with Gasteiger partial charge in [-0.05, 0) is 52.0 Å². The summed E-state index contributed by atoms with van der Waals surface area (Å²) in [5, 5.41) is 13.1. The predicted molar refractivity (Wildman–Crippen MR) is 98.1 cm³/mol. The number of nitrogens with one attached hydrogen (secondary N) is 2. The van der Waals surface area contributed by atoms with Crippen LogP contribution in [-0.2, 0) is 11.8 Å². The highest BCUT2D eigenvalue weighted by atomic mass is 32.2. The third-order valence-corrected chi connectivity index (χ3v) is 4.45. The van der Waals surface area contributed by atoms with E-state index in [0.717, 1.165) is 5.56 Å². The first-order valence-electron chi connectivity index (χ1n) is 8.02. The van der Waals surface area contributed by atoms with Crippen molar-refractivity contribution in [2.75, 3.05) is 0 Å². The Labute approximate surface area is 155 Å². The lowest BCUT2D eigenvalue weighted by molar-refractivity contribution is -0.119. The van der Waals surface area contributed by atoms with Gasteiger partial charge < -0.3 is 9.88 Å². The van der Waals surface area contributed by atoms with Crippen LogP contribution >= 0.6 is 11.8 Å². The SMILES string of the molecule is C[C@H](Sc1nnc(-c2ccc(F)cc2)n1C)C(=O)NC(=O)NC(C)(C)C. The highest BCUT2D eigenvalue weighted by molar-refractivity contribution is 8.00. The van der Waals surface area contributed by atoms with Crippen LogP contribution in [0.15, 0.2) is 29.4 Å². The number of carbonyl (C=O) groups is 2. The smallest absolute Gasteiger partial charge is 0.321 e. The van der Waals surface area contributed by atoms with Crippen molar-refractivity contribution in [3.8, 4) is 11.4 Å². The Kier molecular flexibility index (Phi) is 6.01. The first-order valence-corrected chi connectivity index (χ1v) is 8.90. The zero-order chi connectivity index (χ0) is 19.5. The highest BCUT2D eigenvalue weighted by Crippen LogP contribution is 2.25. The van der Waals surface area contributed by atoms with Crippen molar-refractivity contribution in [1.82, 2.24) is 25.4 Å². The van der Waals surface area contributed by atoms with Gasteiger partial charge >= 0.3 is 6.03 Å². The maximum atomic E-state index is 13.1. The molecule has 1 atom stereocenters. The molecule has 26 heavy (non-hydrogen) atoms. The summed E-state index contributed by atoms with van der Waals surface area (Å²) < 4.78 is 14.8. The van der Waals surface area contributed by atoms with Crippen LogP contribution in [0.1, 0.15) is 27.7 Å². The molecule has 0 aliphatic carbocycles. The molecule has 2 rings (SSSR count). The van der Waals surface area contributed by atoms with Crippen molar-refractivity contribution in [2.45, 2.75) is 43.6 Å². The van der Waals surface area contributed by atoms with Gasteiger partial charge in [0, 0.05) is 18.2 Å². The van der Waals surface area contributed by atoms with Gasteiger partial charge in [-0.2, -0.15) is 0 Å². The predicted octanol–water partition coefficient (Wildman–Crippen LogP) is 2.73. The van der Waals surface area contributed by atoms with Crippen LogP contribution in [0.2, 0.25) is 0 Å². The van der Waals surface area contributed by atoms with E-state index >= 15 is 0 Å². The van der Waals surface area contributed by atoms with Crippen LogP contribution in [0.5, 0.6) is 0 Å². The van der Waals surface area contributed by atoms with Gasteiger partial charge in [0.1, 0.15) is 5.82 Å². The molecule has 0 aliphatic heterocycles. The molecule has 0 aliphatic rings. The average molecular weight is 379 g/mol. The van der Waals surface area contributed by atoms with Gasteiger partial charge in [-0.3, -0.25) is 10.1 Å². The summed E-state index contributed by atoms with van der Waals surface area (Å²) >= 11 is 1.18. The Morgan fingerprint density at radius 1 is 1.19 bits per heavy atom. The second kappa shape index (κ2) is 7.86. The van der Waals surface area contributed by atoms with Crippen LogP contribution in [0.3, 0.4) is 0 Å². The molecular weight excluding hydrogens is 357 g/mol. The van der Waals surface area contributed by atoms with E-state index in [1.165, 1.54) is 23.9 Å². The molecule has 1 aromatic heterocycles. The number of aromatic nitrogens is 3. The minimum Gasteiger partial charge on any atom is -0.333 e. The number of benzene rings is 1. The van der Waals surface area contributed by atoms with Crippen molar-refractivity contribution in [2.24, 2.45) is 7.05 Å². The zero-order valence-corrected chi connectivity index (χ0v) is 16.1. The van der Waals surface area contributed by atoms with Crippen molar-refractivity contribution >= 4 is 23.7 Å². The van der Waals surface area contributed by atoms with Crippen LogP contribution < -0.4 is 10.6 Å². The molecule has 0 saturated heterocycles. The number of halogens is 1. The molecule has 7 nitrogen and oxygen atoms in total. The zero-order valence-electron chi connectivity index (χ0n) is 15.3. The highest BCUT2D eigenvalue weighted by Gasteiger charge is 2.22. The molecule has 9 heteroatoms. The molecule has 0 bridgehead atoms. The van der Waals surface area contributed by atoms with E-state index in [1.54, 1.807) is 30.7 Å². The van der Waals surface area contributed by atoms with Crippen molar-refractivity contribution < 1.29 is 14.0 Å². The summed E-state index contributed by atoms with van der Waals surface area (Å²) in [5.74, 6) is -0.196. The maximum Gasteiger partial charge on any atom is 0.321 e. The molecule has 0 fully saturated rings. The first-order chi connectivity index (χ1) is 12.1. The molecule has 0 saturated carbocycles. The number of amides is 3. The minimum atomic E-state index is -0.551. The number of carbonyl (C=O) groups excluding carboxylic acids is 2. The summed E-state index contributed by atoms with van der Waals surface area (Å²) in [6, 6.07) is 5.38. The number of thioether (sulfide) groups is 1. The lowest BCUT2D eigenvalue weighted by Gasteiger charge is -2.21. The Morgan fingerprint density at radius 2 is 1.81 bits per heavy atom. The number of hydrogen-bond acceptors (Lipinski definition) is 5. The quantitative estimate of drug-likeness (QED) is 0.798. The van der Waals surface area contributed by atoms with E-state index in [1.807, 2.05) is 20.8 Å². The van der Waals surface area contributed by atoms with Gasteiger partial charge in [0.25, 0.3) is 0 Å². The molecule has 1 aromatic carbocycles. The molecule has 0 radical (unpaired) electrons. The lowest BCUT2D eigenvalue weighted by Crippen LogP contribution is -2.49. The maximum absolute atomic E-state index is 13.1. The molecule has 2 N–H and O–H groups in total. The van der Waals surface area contributed by atoms with Gasteiger partial charge in [-0.15, -0.1) is 10.2 Å². The fourth-order valence-corrected chi connectivity index (χ4v) is 2.88. The van der Waals surface area contributed by atoms with Gasteiger partial charge in [-0.1, -0.05) is 11.8 Å². The number of nitrogens with zero attached hydrogens (tertiary/aromatic N) is 3. The third kappa shape index (κ3) is 5.29. The van der Waals surface area contributed by atoms with Crippen LogP contribution in [0.4, 0.5) is 9.18 Å². The molecule has 140 valence electrons. The van der Waals surface area contributed by atoms with Crippen LogP contribution in [0.25, 0.3) is 11.4 Å². The summed E-state index contributed by atoms with van der Waals surface area (Å²) in [6.07, 6.45) is 0. The lowest BCUT2D eigenvalue weighted by atomic mass is 10.1. The monoisotopic (exact) mass is 379 g/mol. The van der Waals surface area contributed by atoms with Gasteiger partial charge in [0.15, 0.2) is 11.0 Å². The fourth-order valence-electron chi connectivity index (χ4n) is 2.06. The number of urea groups is 1. The molecular formula is C17H22FN5O2S. The summed E-state index contributed by atoms with van der Waals surface area (Å²) in [5.41, 5.74) is 0.281. The summed E-state index contributed by atoms with van der Waals surface area (Å²) in [7, 11) is 1.76. The second-order valence-electron chi connectivity index (χ2n) is 6.83. The Morgan fingerprint density at radius 3 is 2.38 bits per heavy atom. The molecule has 2 aromatic rings. The number of rotatable bonds is 4. The number of imide groups is 1. The van der Waals surface area contributed by atoms with Crippen molar-refractivity contribution in [3.63, 3.8) is 0 Å². The van der Waals surface area contributed by atoms with E-state index in [2.05, 4.69) is 20.8 Å². The Bertz CT molecular complexity index is 798. The topological polar surface area (TPSA) is 88.9 Å². The first kappa shape index (κ1) is 19.9. The van der Waals surface area contributed by atoms with Crippen molar-refractivity contribution in [1.29, 1.82) is 0 Å². The molecule has 3 amide bonds. The van der Waals surface area contributed by atoms with E-state index in [9.17, 15) is 14.0 Å². The van der Waals surface area contributed by atoms with E-state index in [-0.39, 0.29) is 5.82 Å². The van der Waals surface area contributed by atoms with Crippen LogP contribution in [-0.4, -0.2) is 37.5 Å². The molecule has 0 unspecified atom stereocenters. The normalized spacial score (nSPS) is 12.5. The Hall–Kier alpha value is -2.42. The van der Waals surface area contributed by atoms with Crippen LogP contribution in [0, 0.1) is 5.82 Å². The number of hydrogen-bond donors (Lipinski definition) is 2. The van der Waals surface area contributed by atoms with Gasteiger partial charge in [0.05, 0.1) is 5.25 Å². The third-order valence-electron chi connectivity index (χ3n) is 3.31. The standard InChI is InChI=1S/C17H22FN5O2S/c1-10(14(24)19-15(25)20-17(2,3)4)26-16-22-21-13(23(16)5)11-6-8-12(18)9-7-11/h6-10H,1-5H3,(H2,19,20,24,25)/t10-/m0/s1. The van der Waals surface area contributed by atoms with E-state index in [0.29, 0.717) is 11.0 Å². The average Bonchev–Trinajstić information content (AvgIpc) is 2.87. The molecule has 0 spiro atoms. The summed E-state index contributed by atoms with van der Waals surface area (Å²) in [6.45, 7) is 7.15. The van der Waals surface area contributed by atoms with Gasteiger partial charge in [-0.25, -0.2) is 9.18 Å².